The number of amides is 1. The number of anilines is 1. The Hall–Kier alpha value is -1.67. The van der Waals surface area contributed by atoms with Crippen LogP contribution in [0.15, 0.2) is 47.1 Å². The maximum absolute atomic E-state index is 12.1. The summed E-state index contributed by atoms with van der Waals surface area (Å²) in [5.41, 5.74) is 0.693. The number of halogens is 3. The molecule has 10 heteroatoms. The Kier molecular flexibility index (Phi) is 6.78. The number of carbonyl (C=O) groups is 1. The number of thiocarbonyl (C=S) groups is 1. The van der Waals surface area contributed by atoms with Gasteiger partial charge in [0.05, 0.1) is 13.4 Å². The van der Waals surface area contributed by atoms with Crippen LogP contribution >= 0.6 is 47.0 Å². The Morgan fingerprint density at radius 3 is 2.40 bits per heavy atom. The number of hydrogen-bond donors (Lipinski definition) is 3. The molecular weight excluding hydrogens is 409 g/mol. The zero-order valence-corrected chi connectivity index (χ0v) is 16.0. The summed E-state index contributed by atoms with van der Waals surface area (Å²) in [5.74, 6) is 0.227. The standard InChI is InChI=1S/C15H14Cl3N3O3S/c1-23-10-6-4-9(5-7-10)19-14(25)21-13(15(16,17)18)20-12(22)11-3-2-8-24-11/h2-8,13H,1H3,(H,20,22)(H2,19,21,25). The van der Waals surface area contributed by atoms with Crippen molar-refractivity contribution in [3.8, 4) is 5.75 Å². The van der Waals surface area contributed by atoms with Gasteiger partial charge in [-0.2, -0.15) is 0 Å². The van der Waals surface area contributed by atoms with Gasteiger partial charge in [0.15, 0.2) is 10.9 Å². The lowest BCUT2D eigenvalue weighted by atomic mass is 10.3. The van der Waals surface area contributed by atoms with Crippen molar-refractivity contribution in [1.82, 2.24) is 10.6 Å². The van der Waals surface area contributed by atoms with Gasteiger partial charge in [-0.3, -0.25) is 4.79 Å². The van der Waals surface area contributed by atoms with Crippen LogP contribution in [0.1, 0.15) is 10.6 Å². The molecule has 25 heavy (non-hydrogen) atoms. The highest BCUT2D eigenvalue weighted by molar-refractivity contribution is 7.80. The second-order valence-electron chi connectivity index (χ2n) is 4.75. The molecule has 1 aromatic heterocycles. The lowest BCUT2D eigenvalue weighted by Gasteiger charge is -2.27. The highest BCUT2D eigenvalue weighted by Gasteiger charge is 2.35. The molecule has 1 amide bonds. The highest BCUT2D eigenvalue weighted by Crippen LogP contribution is 2.29. The first-order valence-corrected chi connectivity index (χ1v) is 8.46. The topological polar surface area (TPSA) is 75.5 Å². The zero-order chi connectivity index (χ0) is 18.4. The monoisotopic (exact) mass is 421 g/mol. The first-order valence-electron chi connectivity index (χ1n) is 6.92. The summed E-state index contributed by atoms with van der Waals surface area (Å²) < 4.78 is 8.23. The summed E-state index contributed by atoms with van der Waals surface area (Å²) in [6.45, 7) is 0. The molecule has 0 saturated heterocycles. The van der Waals surface area contributed by atoms with E-state index >= 15 is 0 Å². The van der Waals surface area contributed by atoms with E-state index in [2.05, 4.69) is 16.0 Å². The second-order valence-corrected chi connectivity index (χ2v) is 7.53. The molecule has 0 aliphatic carbocycles. The molecule has 1 atom stereocenters. The van der Waals surface area contributed by atoms with Crippen LogP contribution in [-0.4, -0.2) is 28.1 Å². The van der Waals surface area contributed by atoms with E-state index in [1.165, 1.54) is 12.3 Å². The van der Waals surface area contributed by atoms with E-state index in [0.717, 1.165) is 0 Å². The molecule has 0 aliphatic rings. The molecule has 0 fully saturated rings. The molecule has 0 spiro atoms. The Bertz CT molecular complexity index is 718. The SMILES string of the molecule is COc1ccc(NC(=S)NC(NC(=O)c2ccco2)C(Cl)(Cl)Cl)cc1. The van der Waals surface area contributed by atoms with Crippen molar-refractivity contribution in [2.45, 2.75) is 9.96 Å². The molecule has 0 saturated carbocycles. The van der Waals surface area contributed by atoms with Gasteiger partial charge in [-0.15, -0.1) is 0 Å². The summed E-state index contributed by atoms with van der Waals surface area (Å²) in [4.78, 5) is 12.1. The second kappa shape index (κ2) is 8.62. The average molecular weight is 423 g/mol. The van der Waals surface area contributed by atoms with Crippen molar-refractivity contribution >= 4 is 63.7 Å². The summed E-state index contributed by atoms with van der Waals surface area (Å²) >= 11 is 22.9. The van der Waals surface area contributed by atoms with Crippen LogP contribution in [0, 0.1) is 0 Å². The molecule has 3 N–H and O–H groups in total. The van der Waals surface area contributed by atoms with Crippen molar-refractivity contribution in [3.63, 3.8) is 0 Å². The van der Waals surface area contributed by atoms with E-state index in [0.29, 0.717) is 11.4 Å². The van der Waals surface area contributed by atoms with Gasteiger partial charge in [0.25, 0.3) is 5.91 Å². The van der Waals surface area contributed by atoms with E-state index in [9.17, 15) is 4.79 Å². The van der Waals surface area contributed by atoms with Crippen LogP contribution in [-0.2, 0) is 0 Å². The fourth-order valence-corrected chi connectivity index (χ4v) is 2.35. The van der Waals surface area contributed by atoms with Crippen LogP contribution in [0.2, 0.25) is 0 Å². The fourth-order valence-electron chi connectivity index (χ4n) is 1.78. The van der Waals surface area contributed by atoms with Crippen molar-refractivity contribution in [2.24, 2.45) is 0 Å². The number of carbonyl (C=O) groups excluding carboxylic acids is 1. The van der Waals surface area contributed by atoms with Crippen LogP contribution in [0.4, 0.5) is 5.69 Å². The van der Waals surface area contributed by atoms with Gasteiger partial charge in [-0.1, -0.05) is 34.8 Å². The Morgan fingerprint density at radius 2 is 1.88 bits per heavy atom. The lowest BCUT2D eigenvalue weighted by Crippen LogP contribution is -2.56. The fraction of sp³-hybridized carbons (Fsp3) is 0.200. The molecule has 6 nitrogen and oxygen atoms in total. The number of rotatable bonds is 5. The molecule has 134 valence electrons. The van der Waals surface area contributed by atoms with Crippen molar-refractivity contribution in [3.05, 3.63) is 48.4 Å². The first-order chi connectivity index (χ1) is 11.8. The molecule has 2 rings (SSSR count). The largest absolute Gasteiger partial charge is 0.497 e. The van der Waals surface area contributed by atoms with Crippen molar-refractivity contribution in [1.29, 1.82) is 0 Å². The molecular formula is C15H14Cl3N3O3S. The smallest absolute Gasteiger partial charge is 0.288 e. The molecule has 0 radical (unpaired) electrons. The molecule has 2 aromatic rings. The van der Waals surface area contributed by atoms with E-state index in [1.54, 1.807) is 37.4 Å². The third-order valence-electron chi connectivity index (χ3n) is 2.97. The van der Waals surface area contributed by atoms with Gasteiger partial charge in [-0.05, 0) is 48.6 Å². The van der Waals surface area contributed by atoms with Gasteiger partial charge < -0.3 is 25.1 Å². The average Bonchev–Trinajstić information content (AvgIpc) is 3.08. The van der Waals surface area contributed by atoms with Gasteiger partial charge >= 0.3 is 0 Å². The van der Waals surface area contributed by atoms with Crippen LogP contribution in [0.3, 0.4) is 0 Å². The molecule has 1 aromatic carbocycles. The normalized spacial score (nSPS) is 12.2. The van der Waals surface area contributed by atoms with E-state index in [-0.39, 0.29) is 10.9 Å². The summed E-state index contributed by atoms with van der Waals surface area (Å²) in [6.07, 6.45) is 0.274. The van der Waals surface area contributed by atoms with Crippen molar-refractivity contribution in [2.75, 3.05) is 12.4 Å². The summed E-state index contributed by atoms with van der Waals surface area (Å²) in [7, 11) is 1.57. The van der Waals surface area contributed by atoms with Gasteiger partial charge in [-0.25, -0.2) is 0 Å². The molecule has 0 bridgehead atoms. The number of ether oxygens (including phenoxy) is 1. The minimum atomic E-state index is -1.85. The Labute approximate surface area is 164 Å². The quantitative estimate of drug-likeness (QED) is 0.387. The van der Waals surface area contributed by atoms with Crippen LogP contribution in [0.25, 0.3) is 0 Å². The number of benzene rings is 1. The van der Waals surface area contributed by atoms with E-state index in [1.807, 2.05) is 0 Å². The number of hydrogen-bond acceptors (Lipinski definition) is 4. The third-order valence-corrected chi connectivity index (χ3v) is 3.85. The number of methoxy groups -OCH3 is 1. The van der Waals surface area contributed by atoms with Crippen LogP contribution in [0.5, 0.6) is 5.75 Å². The minimum absolute atomic E-state index is 0.0788. The summed E-state index contributed by atoms with van der Waals surface area (Å²) in [5, 5.41) is 8.33. The predicted octanol–water partition coefficient (Wildman–Crippen LogP) is 3.70. The lowest BCUT2D eigenvalue weighted by molar-refractivity contribution is 0.0906. The maximum atomic E-state index is 12.1. The number of nitrogens with one attached hydrogen (secondary N) is 3. The Morgan fingerprint density at radius 1 is 1.20 bits per heavy atom. The minimum Gasteiger partial charge on any atom is -0.497 e. The molecule has 1 heterocycles. The van der Waals surface area contributed by atoms with Gasteiger partial charge in [0.2, 0.25) is 3.79 Å². The van der Waals surface area contributed by atoms with Gasteiger partial charge in [0.1, 0.15) is 11.9 Å². The maximum Gasteiger partial charge on any atom is 0.288 e. The zero-order valence-electron chi connectivity index (χ0n) is 12.9. The molecule has 1 unspecified atom stereocenters. The third kappa shape index (κ3) is 5.97. The first kappa shape index (κ1) is 19.7. The number of furan rings is 1. The highest BCUT2D eigenvalue weighted by atomic mass is 35.6. The Balaban J connectivity index is 2.00. The summed E-state index contributed by atoms with van der Waals surface area (Å²) in [6, 6.07) is 10.1. The molecule has 0 aliphatic heterocycles. The van der Waals surface area contributed by atoms with E-state index in [4.69, 9.17) is 56.2 Å². The predicted molar refractivity (Wildman–Crippen MR) is 103 cm³/mol. The van der Waals surface area contributed by atoms with Crippen molar-refractivity contribution < 1.29 is 13.9 Å². The van der Waals surface area contributed by atoms with E-state index < -0.39 is 15.9 Å². The van der Waals surface area contributed by atoms with Gasteiger partial charge in [0, 0.05) is 5.69 Å². The van der Waals surface area contributed by atoms with Crippen LogP contribution < -0.4 is 20.7 Å². The number of alkyl halides is 3.